The molecular weight excluding hydrogens is 384 g/mol. The monoisotopic (exact) mass is 428 g/mol. The van der Waals surface area contributed by atoms with E-state index in [1.807, 2.05) is 14.7 Å². The van der Waals surface area contributed by atoms with Crippen molar-refractivity contribution in [2.45, 2.75) is 0 Å². The molecule has 0 atom stereocenters. The zero-order valence-electron chi connectivity index (χ0n) is 17.7. The van der Waals surface area contributed by atoms with E-state index in [0.29, 0.717) is 58.9 Å². The highest BCUT2D eigenvalue weighted by molar-refractivity contribution is 4.63. The van der Waals surface area contributed by atoms with E-state index in [0.717, 1.165) is 13.1 Å². The lowest BCUT2D eigenvalue weighted by atomic mass is 10.4. The van der Waals surface area contributed by atoms with E-state index in [1.165, 1.54) is 0 Å². The van der Waals surface area contributed by atoms with Crippen LogP contribution in [0.3, 0.4) is 0 Å². The highest BCUT2D eigenvalue weighted by atomic mass is 16.3. The molecule has 0 saturated heterocycles. The van der Waals surface area contributed by atoms with Crippen LogP contribution >= 0.6 is 0 Å². The fraction of sp³-hybridized carbons (Fsp3) is 1.00. The fourth-order valence-electron chi connectivity index (χ4n) is 2.58. The summed E-state index contributed by atoms with van der Waals surface area (Å²) >= 11 is 0. The summed E-state index contributed by atoms with van der Waals surface area (Å²) in [5.41, 5.74) is 0. The van der Waals surface area contributed by atoms with Gasteiger partial charge in [0.1, 0.15) is 0 Å². The van der Waals surface area contributed by atoms with Gasteiger partial charge in [-0.3, -0.25) is 14.7 Å². The van der Waals surface area contributed by atoms with Crippen LogP contribution in [0.15, 0.2) is 0 Å². The molecule has 29 heavy (non-hydrogen) atoms. The molecule has 11 heteroatoms. The molecule has 0 radical (unpaired) electrons. The maximum atomic E-state index is 8.82. The molecular formula is C18H44N4O7. The predicted molar refractivity (Wildman–Crippen MR) is 112 cm³/mol. The first-order valence-electron chi connectivity index (χ1n) is 10.3. The average Bonchev–Trinajstić information content (AvgIpc) is 2.71. The molecule has 0 aliphatic carbocycles. The predicted octanol–water partition coefficient (Wildman–Crippen LogP) is -4.59. The molecule has 178 valence electrons. The normalized spacial score (nSPS) is 11.4. The highest BCUT2D eigenvalue weighted by Gasteiger charge is 2.08. The Balaban J connectivity index is 0. The Morgan fingerprint density at radius 1 is 0.345 bits per heavy atom. The Labute approximate surface area is 174 Å². The number of aliphatic hydroxyl groups excluding tert-OH is 7. The van der Waals surface area contributed by atoms with E-state index < -0.39 is 0 Å². The van der Waals surface area contributed by atoms with Crippen molar-refractivity contribution >= 4 is 0 Å². The third-order valence-corrected chi connectivity index (χ3v) is 4.12. The van der Waals surface area contributed by atoms with Crippen molar-refractivity contribution in [2.75, 3.05) is 118 Å². The lowest BCUT2D eigenvalue weighted by Crippen LogP contribution is -2.40. The van der Waals surface area contributed by atoms with Crippen molar-refractivity contribution in [3.8, 4) is 0 Å². The summed E-state index contributed by atoms with van der Waals surface area (Å²) in [4.78, 5) is 5.86. The third-order valence-electron chi connectivity index (χ3n) is 4.12. The maximum Gasteiger partial charge on any atom is 0.0558 e. The Bertz CT molecular complexity index is 273. The van der Waals surface area contributed by atoms with Crippen LogP contribution in [0.2, 0.25) is 0 Å². The van der Waals surface area contributed by atoms with Gasteiger partial charge in [0, 0.05) is 72.0 Å². The lowest BCUT2D eigenvalue weighted by Gasteiger charge is -2.25. The smallest absolute Gasteiger partial charge is 0.0558 e. The fourth-order valence-corrected chi connectivity index (χ4v) is 2.58. The number of hydrogen-bond donors (Lipinski definition) is 8. The van der Waals surface area contributed by atoms with Gasteiger partial charge >= 0.3 is 0 Å². The molecule has 0 amide bonds. The second kappa shape index (κ2) is 25.6. The summed E-state index contributed by atoms with van der Waals surface area (Å²) in [6, 6.07) is 0. The van der Waals surface area contributed by atoms with Crippen molar-refractivity contribution in [1.29, 1.82) is 0 Å². The van der Waals surface area contributed by atoms with E-state index in [4.69, 9.17) is 35.7 Å². The van der Waals surface area contributed by atoms with Crippen LogP contribution in [0.5, 0.6) is 0 Å². The van der Waals surface area contributed by atoms with Gasteiger partial charge in [-0.25, -0.2) is 0 Å². The molecule has 0 rings (SSSR count). The van der Waals surface area contributed by atoms with Crippen LogP contribution in [-0.2, 0) is 0 Å². The molecule has 8 N–H and O–H groups in total. The summed E-state index contributed by atoms with van der Waals surface area (Å²) in [7, 11) is 0. The number of nitrogens with zero attached hydrogens (tertiary/aromatic N) is 3. The Morgan fingerprint density at radius 2 is 0.655 bits per heavy atom. The van der Waals surface area contributed by atoms with E-state index in [2.05, 4.69) is 5.32 Å². The van der Waals surface area contributed by atoms with Gasteiger partial charge in [0.05, 0.1) is 46.2 Å². The zero-order valence-corrected chi connectivity index (χ0v) is 17.7. The minimum absolute atomic E-state index is 0.0694. The lowest BCUT2D eigenvalue weighted by molar-refractivity contribution is 0.121. The second-order valence-corrected chi connectivity index (χ2v) is 6.34. The molecule has 0 aliphatic rings. The largest absolute Gasteiger partial charge is 0.395 e. The number of rotatable bonds is 20. The van der Waals surface area contributed by atoms with Crippen molar-refractivity contribution in [3.05, 3.63) is 0 Å². The van der Waals surface area contributed by atoms with E-state index in [1.54, 1.807) is 0 Å². The van der Waals surface area contributed by atoms with Gasteiger partial charge in [0.25, 0.3) is 0 Å². The minimum atomic E-state index is 0.0694. The van der Waals surface area contributed by atoms with Gasteiger partial charge in [-0.2, -0.15) is 0 Å². The standard InChI is InChI=1S/C10H24N2O4.C8H20N2O3/c13-7-3-11(4-8-14)1-2-12(5-9-15)6-10-16;11-6-2-9-1-3-10(4-7-12)5-8-13/h13-16H,1-10H2;9,11-13H,1-8H2. The molecule has 0 aromatic rings. The zero-order chi connectivity index (χ0) is 22.2. The topological polar surface area (TPSA) is 163 Å². The summed E-state index contributed by atoms with van der Waals surface area (Å²) < 4.78 is 0. The maximum absolute atomic E-state index is 8.82. The van der Waals surface area contributed by atoms with Gasteiger partial charge in [0.15, 0.2) is 0 Å². The summed E-state index contributed by atoms with van der Waals surface area (Å²) in [5, 5.41) is 64.1. The quantitative estimate of drug-likeness (QED) is 0.0880. The van der Waals surface area contributed by atoms with Gasteiger partial charge in [-0.15, -0.1) is 0 Å². The number of nitrogens with one attached hydrogen (secondary N) is 1. The van der Waals surface area contributed by atoms with Gasteiger partial charge in [-0.1, -0.05) is 0 Å². The molecule has 0 bridgehead atoms. The molecule has 0 spiro atoms. The molecule has 0 aromatic carbocycles. The number of hydrogen-bond acceptors (Lipinski definition) is 11. The summed E-state index contributed by atoms with van der Waals surface area (Å²) in [6.07, 6.45) is 0. The first-order valence-corrected chi connectivity index (χ1v) is 10.3. The Kier molecular flexibility index (Phi) is 27.1. The molecule has 0 aromatic heterocycles. The van der Waals surface area contributed by atoms with Crippen LogP contribution in [0.1, 0.15) is 0 Å². The van der Waals surface area contributed by atoms with E-state index in [-0.39, 0.29) is 46.2 Å². The molecule has 0 aliphatic heterocycles. The average molecular weight is 429 g/mol. The van der Waals surface area contributed by atoms with E-state index >= 15 is 0 Å². The first-order chi connectivity index (χ1) is 14.1. The van der Waals surface area contributed by atoms with Crippen LogP contribution in [0.4, 0.5) is 0 Å². The van der Waals surface area contributed by atoms with Crippen molar-refractivity contribution < 1.29 is 35.7 Å². The van der Waals surface area contributed by atoms with Gasteiger partial charge in [0.2, 0.25) is 0 Å². The first kappa shape index (κ1) is 30.8. The van der Waals surface area contributed by atoms with Gasteiger partial charge in [-0.05, 0) is 0 Å². The highest BCUT2D eigenvalue weighted by Crippen LogP contribution is 1.92. The molecule has 0 unspecified atom stereocenters. The minimum Gasteiger partial charge on any atom is -0.395 e. The molecule has 0 fully saturated rings. The van der Waals surface area contributed by atoms with Gasteiger partial charge < -0.3 is 41.1 Å². The summed E-state index contributed by atoms with van der Waals surface area (Å²) in [6.45, 7) is 7.50. The van der Waals surface area contributed by atoms with Crippen molar-refractivity contribution in [2.24, 2.45) is 0 Å². The van der Waals surface area contributed by atoms with Crippen LogP contribution in [0, 0.1) is 0 Å². The molecule has 11 nitrogen and oxygen atoms in total. The van der Waals surface area contributed by atoms with Crippen molar-refractivity contribution in [3.63, 3.8) is 0 Å². The van der Waals surface area contributed by atoms with Crippen LogP contribution < -0.4 is 5.32 Å². The Morgan fingerprint density at radius 3 is 0.931 bits per heavy atom. The SMILES string of the molecule is OCCN(CCO)CCN(CCO)CCO.OCCNCCN(CCO)CCO. The third kappa shape index (κ3) is 22.1. The summed E-state index contributed by atoms with van der Waals surface area (Å²) in [5.74, 6) is 0. The van der Waals surface area contributed by atoms with Crippen molar-refractivity contribution in [1.82, 2.24) is 20.0 Å². The molecule has 0 saturated carbocycles. The number of aliphatic hydroxyl groups is 7. The Hall–Kier alpha value is -0.440. The van der Waals surface area contributed by atoms with E-state index in [9.17, 15) is 0 Å². The van der Waals surface area contributed by atoms with Crippen LogP contribution in [-0.4, -0.2) is 169 Å². The van der Waals surface area contributed by atoms with Crippen LogP contribution in [0.25, 0.3) is 0 Å². The molecule has 0 heterocycles. The second-order valence-electron chi connectivity index (χ2n) is 6.34.